The van der Waals surface area contributed by atoms with Crippen LogP contribution in [0.2, 0.25) is 0 Å². The molecule has 0 saturated carbocycles. The number of carboxylic acid groups (broad SMARTS) is 1. The van der Waals surface area contributed by atoms with Gasteiger partial charge < -0.3 is 5.11 Å². The van der Waals surface area contributed by atoms with Crippen LogP contribution in [-0.2, 0) is 12.8 Å². The second kappa shape index (κ2) is 5.53. The number of carbonyl (C=O) groups is 1. The SMILES string of the molecule is CC(C)n1c(SCc2c(C(=O)O)cnn2C)n[nH]c1=O. The summed E-state index contributed by atoms with van der Waals surface area (Å²) in [5.41, 5.74) is 0.466. The third-order valence-electron chi connectivity index (χ3n) is 2.82. The van der Waals surface area contributed by atoms with Gasteiger partial charge in [-0.3, -0.25) is 9.25 Å². The van der Waals surface area contributed by atoms with E-state index in [1.54, 1.807) is 7.05 Å². The smallest absolute Gasteiger partial charge is 0.344 e. The average Bonchev–Trinajstić information content (AvgIpc) is 2.90. The van der Waals surface area contributed by atoms with Crippen LogP contribution in [0.1, 0.15) is 35.9 Å². The summed E-state index contributed by atoms with van der Waals surface area (Å²) in [5, 5.41) is 19.9. The van der Waals surface area contributed by atoms with Gasteiger partial charge in [0.2, 0.25) is 0 Å². The largest absolute Gasteiger partial charge is 0.478 e. The standard InChI is InChI=1S/C11H15N5O3S/c1-6(2)16-10(19)13-14-11(16)20-5-8-7(9(17)18)4-12-15(8)3/h4,6H,5H2,1-3H3,(H,13,19)(H,17,18). The molecule has 0 fully saturated rings. The number of aryl methyl sites for hydroxylation is 1. The van der Waals surface area contributed by atoms with E-state index in [1.165, 1.54) is 27.2 Å². The van der Waals surface area contributed by atoms with Crippen molar-refractivity contribution in [1.29, 1.82) is 0 Å². The molecule has 0 spiro atoms. The van der Waals surface area contributed by atoms with Crippen molar-refractivity contribution in [3.63, 3.8) is 0 Å². The number of nitrogens with one attached hydrogen (secondary N) is 1. The van der Waals surface area contributed by atoms with Crippen LogP contribution in [-0.4, -0.2) is 35.6 Å². The highest BCUT2D eigenvalue weighted by Gasteiger charge is 2.17. The fourth-order valence-corrected chi connectivity index (χ4v) is 2.94. The maximum atomic E-state index is 11.6. The second-order valence-corrected chi connectivity index (χ2v) is 5.44. The fraction of sp³-hybridized carbons (Fsp3) is 0.455. The van der Waals surface area contributed by atoms with Gasteiger partial charge in [-0.15, -0.1) is 5.10 Å². The lowest BCUT2D eigenvalue weighted by atomic mass is 10.3. The number of hydrogen-bond donors (Lipinski definition) is 2. The molecule has 0 aliphatic heterocycles. The summed E-state index contributed by atoms with van der Waals surface area (Å²) in [5.74, 6) is -0.647. The first-order valence-corrected chi connectivity index (χ1v) is 6.94. The molecule has 0 saturated heterocycles. The zero-order valence-electron chi connectivity index (χ0n) is 11.3. The zero-order chi connectivity index (χ0) is 14.9. The van der Waals surface area contributed by atoms with Gasteiger partial charge in [0.1, 0.15) is 5.56 Å². The molecular formula is C11H15N5O3S. The van der Waals surface area contributed by atoms with E-state index in [2.05, 4.69) is 15.3 Å². The maximum absolute atomic E-state index is 11.6. The number of aromatic nitrogens is 5. The minimum Gasteiger partial charge on any atom is -0.478 e. The lowest BCUT2D eigenvalue weighted by Crippen LogP contribution is -2.19. The van der Waals surface area contributed by atoms with E-state index in [0.717, 1.165) is 0 Å². The summed E-state index contributed by atoms with van der Waals surface area (Å²) >= 11 is 1.30. The van der Waals surface area contributed by atoms with Crippen molar-refractivity contribution in [1.82, 2.24) is 24.5 Å². The average molecular weight is 297 g/mol. The normalized spacial score (nSPS) is 11.2. The quantitative estimate of drug-likeness (QED) is 0.793. The molecule has 0 radical (unpaired) electrons. The minimum atomic E-state index is -1.02. The number of hydrogen-bond acceptors (Lipinski definition) is 5. The Morgan fingerprint density at radius 1 is 1.55 bits per heavy atom. The molecule has 20 heavy (non-hydrogen) atoms. The number of H-pyrrole nitrogens is 1. The molecule has 0 unspecified atom stereocenters. The van der Waals surface area contributed by atoms with Gasteiger partial charge in [0.15, 0.2) is 5.16 Å². The molecule has 9 heteroatoms. The molecule has 2 rings (SSSR count). The van der Waals surface area contributed by atoms with E-state index in [1.807, 2.05) is 13.8 Å². The fourth-order valence-electron chi connectivity index (χ4n) is 1.79. The lowest BCUT2D eigenvalue weighted by Gasteiger charge is -2.08. The first-order valence-electron chi connectivity index (χ1n) is 5.95. The Morgan fingerprint density at radius 2 is 2.25 bits per heavy atom. The maximum Gasteiger partial charge on any atom is 0.344 e. The van der Waals surface area contributed by atoms with Crippen LogP contribution in [0.25, 0.3) is 0 Å². The molecular weight excluding hydrogens is 282 g/mol. The van der Waals surface area contributed by atoms with Crippen LogP contribution in [0.5, 0.6) is 0 Å². The summed E-state index contributed by atoms with van der Waals surface area (Å²) in [6, 6.07) is -0.0192. The molecule has 8 nitrogen and oxygen atoms in total. The molecule has 0 aliphatic rings. The molecule has 2 N–H and O–H groups in total. The van der Waals surface area contributed by atoms with Crippen molar-refractivity contribution in [3.8, 4) is 0 Å². The number of carboxylic acids is 1. The first kappa shape index (κ1) is 14.4. The highest BCUT2D eigenvalue weighted by Crippen LogP contribution is 2.23. The van der Waals surface area contributed by atoms with Gasteiger partial charge in [0.05, 0.1) is 11.9 Å². The number of aromatic amines is 1. The summed E-state index contributed by atoms with van der Waals surface area (Å²) in [6.07, 6.45) is 1.32. The third-order valence-corrected chi connectivity index (χ3v) is 3.78. The van der Waals surface area contributed by atoms with Crippen LogP contribution in [0.15, 0.2) is 16.1 Å². The van der Waals surface area contributed by atoms with Crippen LogP contribution in [0.3, 0.4) is 0 Å². The van der Waals surface area contributed by atoms with Gasteiger partial charge in [0.25, 0.3) is 0 Å². The summed E-state index contributed by atoms with van der Waals surface area (Å²) in [4.78, 5) is 22.7. The van der Waals surface area contributed by atoms with Gasteiger partial charge in [-0.2, -0.15) is 5.10 Å². The van der Waals surface area contributed by atoms with Gasteiger partial charge >= 0.3 is 11.7 Å². The van der Waals surface area contributed by atoms with Gasteiger partial charge in [-0.25, -0.2) is 14.7 Å². The van der Waals surface area contributed by atoms with Crippen molar-refractivity contribution in [2.24, 2.45) is 7.05 Å². The van der Waals surface area contributed by atoms with Crippen LogP contribution >= 0.6 is 11.8 Å². The predicted molar refractivity (Wildman–Crippen MR) is 73.0 cm³/mol. The number of thioether (sulfide) groups is 1. The van der Waals surface area contributed by atoms with Crippen molar-refractivity contribution in [2.45, 2.75) is 30.8 Å². The van der Waals surface area contributed by atoms with E-state index in [-0.39, 0.29) is 17.3 Å². The predicted octanol–water partition coefficient (Wildman–Crippen LogP) is 0.876. The molecule has 0 aliphatic carbocycles. The molecule has 2 aromatic rings. The Hall–Kier alpha value is -2.03. The van der Waals surface area contributed by atoms with Gasteiger partial charge in [-0.05, 0) is 13.8 Å². The minimum absolute atomic E-state index is 0.0192. The number of nitrogens with zero attached hydrogens (tertiary/aromatic N) is 4. The van der Waals surface area contributed by atoms with Crippen molar-refractivity contribution in [3.05, 3.63) is 27.9 Å². The van der Waals surface area contributed by atoms with Gasteiger partial charge in [-0.1, -0.05) is 11.8 Å². The van der Waals surface area contributed by atoms with E-state index in [4.69, 9.17) is 5.11 Å². The van der Waals surface area contributed by atoms with E-state index >= 15 is 0 Å². The highest BCUT2D eigenvalue weighted by atomic mass is 32.2. The Balaban J connectivity index is 2.24. The van der Waals surface area contributed by atoms with E-state index in [9.17, 15) is 9.59 Å². The van der Waals surface area contributed by atoms with E-state index < -0.39 is 5.97 Å². The Labute approximate surface area is 118 Å². The molecule has 2 heterocycles. The Kier molecular flexibility index (Phi) is 3.98. The van der Waals surface area contributed by atoms with Crippen LogP contribution in [0, 0.1) is 0 Å². The molecule has 0 aromatic carbocycles. The summed E-state index contributed by atoms with van der Waals surface area (Å²) in [7, 11) is 1.68. The number of rotatable bonds is 5. The summed E-state index contributed by atoms with van der Waals surface area (Å²) in [6.45, 7) is 3.77. The molecule has 0 amide bonds. The number of aromatic carboxylic acids is 1. The summed E-state index contributed by atoms with van der Waals surface area (Å²) < 4.78 is 3.04. The molecule has 108 valence electrons. The van der Waals surface area contributed by atoms with E-state index in [0.29, 0.717) is 16.6 Å². The van der Waals surface area contributed by atoms with Crippen LogP contribution < -0.4 is 5.69 Å². The van der Waals surface area contributed by atoms with Crippen molar-refractivity contribution >= 4 is 17.7 Å². The zero-order valence-corrected chi connectivity index (χ0v) is 12.1. The molecule has 2 aromatic heterocycles. The molecule has 0 atom stereocenters. The molecule has 0 bridgehead atoms. The van der Waals surface area contributed by atoms with Crippen molar-refractivity contribution in [2.75, 3.05) is 0 Å². The monoisotopic (exact) mass is 297 g/mol. The third kappa shape index (κ3) is 2.62. The Morgan fingerprint density at radius 3 is 2.85 bits per heavy atom. The highest BCUT2D eigenvalue weighted by molar-refractivity contribution is 7.98. The van der Waals surface area contributed by atoms with Crippen LogP contribution in [0.4, 0.5) is 0 Å². The lowest BCUT2D eigenvalue weighted by molar-refractivity contribution is 0.0696. The van der Waals surface area contributed by atoms with Crippen molar-refractivity contribution < 1.29 is 9.90 Å². The topological polar surface area (TPSA) is 106 Å². The second-order valence-electron chi connectivity index (χ2n) is 4.50. The van der Waals surface area contributed by atoms with Gasteiger partial charge in [0, 0.05) is 18.8 Å². The first-order chi connectivity index (χ1) is 9.41. The Bertz CT molecular complexity index is 685.